The van der Waals surface area contributed by atoms with Gasteiger partial charge >= 0.3 is 0 Å². The van der Waals surface area contributed by atoms with Gasteiger partial charge in [0.1, 0.15) is 0 Å². The van der Waals surface area contributed by atoms with Crippen LogP contribution < -0.4 is 5.73 Å². The van der Waals surface area contributed by atoms with Crippen LogP contribution in [0, 0.1) is 11.8 Å². The fraction of sp³-hybridized carbons (Fsp3) is 0.688. The lowest BCUT2D eigenvalue weighted by Gasteiger charge is -2.35. The van der Waals surface area contributed by atoms with Crippen LogP contribution in [-0.2, 0) is 6.54 Å². The van der Waals surface area contributed by atoms with E-state index in [4.69, 9.17) is 5.73 Å². The van der Waals surface area contributed by atoms with E-state index in [0.29, 0.717) is 12.0 Å². The van der Waals surface area contributed by atoms with Crippen LogP contribution in [0.4, 0.5) is 0 Å². The summed E-state index contributed by atoms with van der Waals surface area (Å²) in [6.45, 7) is 7.69. The number of hydrogen-bond acceptors (Lipinski definition) is 3. The van der Waals surface area contributed by atoms with Gasteiger partial charge in [-0.2, -0.15) is 0 Å². The molecule has 0 aromatic carbocycles. The first kappa shape index (κ1) is 14.5. The fourth-order valence-corrected chi connectivity index (χ4v) is 3.09. The molecule has 0 bridgehead atoms. The summed E-state index contributed by atoms with van der Waals surface area (Å²) >= 11 is 0. The van der Waals surface area contributed by atoms with E-state index in [-0.39, 0.29) is 0 Å². The monoisotopic (exact) mass is 261 g/mol. The lowest BCUT2D eigenvalue weighted by Crippen LogP contribution is -2.42. The highest BCUT2D eigenvalue weighted by molar-refractivity contribution is 5.03. The molecule has 1 aliphatic carbocycles. The second-order valence-electron chi connectivity index (χ2n) is 5.99. The van der Waals surface area contributed by atoms with Gasteiger partial charge in [-0.25, -0.2) is 0 Å². The molecule has 0 saturated heterocycles. The Morgan fingerprint density at radius 3 is 2.89 bits per heavy atom. The van der Waals surface area contributed by atoms with Crippen molar-refractivity contribution in [1.29, 1.82) is 0 Å². The average molecular weight is 261 g/mol. The summed E-state index contributed by atoms with van der Waals surface area (Å²) in [7, 11) is 0. The normalized spacial score (nSPS) is 27.7. The summed E-state index contributed by atoms with van der Waals surface area (Å²) in [6, 6.07) is 6.52. The van der Waals surface area contributed by atoms with Gasteiger partial charge in [0, 0.05) is 25.3 Å². The summed E-state index contributed by atoms with van der Waals surface area (Å²) in [6.07, 6.45) is 5.63. The number of aromatic nitrogens is 1. The smallest absolute Gasteiger partial charge is 0.0543 e. The van der Waals surface area contributed by atoms with Gasteiger partial charge in [-0.15, -0.1) is 0 Å². The van der Waals surface area contributed by atoms with Crippen LogP contribution in [0.1, 0.15) is 38.8 Å². The number of nitrogens with two attached hydrogens (primary N) is 1. The van der Waals surface area contributed by atoms with Crippen molar-refractivity contribution in [1.82, 2.24) is 9.88 Å². The van der Waals surface area contributed by atoms with Crippen LogP contribution in [0.15, 0.2) is 24.4 Å². The third-order valence-electron chi connectivity index (χ3n) is 4.36. The van der Waals surface area contributed by atoms with Gasteiger partial charge in [0.2, 0.25) is 0 Å². The van der Waals surface area contributed by atoms with Crippen LogP contribution >= 0.6 is 0 Å². The molecular weight excluding hydrogens is 234 g/mol. The highest BCUT2D eigenvalue weighted by Crippen LogP contribution is 2.28. The van der Waals surface area contributed by atoms with Gasteiger partial charge in [0.05, 0.1) is 5.69 Å². The number of pyridine rings is 1. The molecule has 3 nitrogen and oxygen atoms in total. The maximum Gasteiger partial charge on any atom is 0.0543 e. The predicted molar refractivity (Wildman–Crippen MR) is 79.7 cm³/mol. The van der Waals surface area contributed by atoms with Gasteiger partial charge < -0.3 is 5.73 Å². The molecule has 0 spiro atoms. The molecule has 2 N–H and O–H groups in total. The molecule has 3 heteroatoms. The molecule has 1 aromatic heterocycles. The third-order valence-corrected chi connectivity index (χ3v) is 4.36. The highest BCUT2D eigenvalue weighted by atomic mass is 15.1. The number of hydrogen-bond donors (Lipinski definition) is 1. The summed E-state index contributed by atoms with van der Waals surface area (Å²) in [4.78, 5) is 6.90. The first-order chi connectivity index (χ1) is 9.19. The summed E-state index contributed by atoms with van der Waals surface area (Å²) in [5.41, 5.74) is 7.45. The molecular formula is C16H27N3. The standard InChI is InChI=1S/C16H27N3/c1-3-19(12-15-6-4-5-9-18-15)11-14-10-13(2)7-8-16(14)17/h4-6,9,13-14,16H,3,7-8,10-12,17H2,1-2H3. The minimum Gasteiger partial charge on any atom is -0.327 e. The predicted octanol–water partition coefficient (Wildman–Crippen LogP) is 2.67. The Kier molecular flexibility index (Phi) is 5.34. The van der Waals surface area contributed by atoms with Crippen molar-refractivity contribution in [3.8, 4) is 0 Å². The van der Waals surface area contributed by atoms with Crippen molar-refractivity contribution >= 4 is 0 Å². The van der Waals surface area contributed by atoms with Crippen molar-refractivity contribution in [3.63, 3.8) is 0 Å². The second kappa shape index (κ2) is 7.01. The van der Waals surface area contributed by atoms with Crippen molar-refractivity contribution in [2.24, 2.45) is 17.6 Å². The highest BCUT2D eigenvalue weighted by Gasteiger charge is 2.27. The minimum absolute atomic E-state index is 0.383. The Balaban J connectivity index is 1.91. The number of nitrogens with zero attached hydrogens (tertiary/aromatic N) is 2. The first-order valence-electron chi connectivity index (χ1n) is 7.57. The maximum atomic E-state index is 6.30. The van der Waals surface area contributed by atoms with E-state index < -0.39 is 0 Å². The van der Waals surface area contributed by atoms with Gasteiger partial charge in [0.25, 0.3) is 0 Å². The molecule has 1 saturated carbocycles. The SMILES string of the molecule is CCN(Cc1ccccn1)CC1CC(C)CCC1N. The third kappa shape index (κ3) is 4.29. The molecule has 106 valence electrons. The van der Waals surface area contributed by atoms with Crippen LogP contribution in [0.3, 0.4) is 0 Å². The molecule has 0 radical (unpaired) electrons. The first-order valence-corrected chi connectivity index (χ1v) is 7.57. The van der Waals surface area contributed by atoms with Crippen molar-refractivity contribution in [2.45, 2.75) is 45.7 Å². The molecule has 0 aliphatic heterocycles. The largest absolute Gasteiger partial charge is 0.327 e. The Hall–Kier alpha value is -0.930. The molecule has 2 rings (SSSR count). The minimum atomic E-state index is 0.383. The quantitative estimate of drug-likeness (QED) is 0.886. The van der Waals surface area contributed by atoms with E-state index in [1.807, 2.05) is 12.3 Å². The van der Waals surface area contributed by atoms with Gasteiger partial charge in [-0.05, 0) is 49.8 Å². The molecule has 1 aromatic rings. The molecule has 1 heterocycles. The maximum absolute atomic E-state index is 6.30. The fourth-order valence-electron chi connectivity index (χ4n) is 3.09. The van der Waals surface area contributed by atoms with Crippen molar-refractivity contribution < 1.29 is 0 Å². The molecule has 3 atom stereocenters. The van der Waals surface area contributed by atoms with E-state index in [9.17, 15) is 0 Å². The molecule has 3 unspecified atom stereocenters. The van der Waals surface area contributed by atoms with E-state index in [2.05, 4.69) is 35.9 Å². The van der Waals surface area contributed by atoms with Gasteiger partial charge in [-0.1, -0.05) is 19.9 Å². The molecule has 1 aliphatic rings. The zero-order chi connectivity index (χ0) is 13.7. The zero-order valence-electron chi connectivity index (χ0n) is 12.3. The Morgan fingerprint density at radius 2 is 2.21 bits per heavy atom. The Labute approximate surface area is 117 Å². The average Bonchev–Trinajstić information content (AvgIpc) is 2.43. The van der Waals surface area contributed by atoms with Gasteiger partial charge in [-0.3, -0.25) is 9.88 Å². The molecule has 19 heavy (non-hydrogen) atoms. The van der Waals surface area contributed by atoms with Crippen LogP contribution in [0.5, 0.6) is 0 Å². The van der Waals surface area contributed by atoms with Gasteiger partial charge in [0.15, 0.2) is 0 Å². The topological polar surface area (TPSA) is 42.2 Å². The Bertz CT molecular complexity index is 366. The van der Waals surface area contributed by atoms with Crippen LogP contribution in [0.25, 0.3) is 0 Å². The van der Waals surface area contributed by atoms with Crippen LogP contribution in [-0.4, -0.2) is 29.0 Å². The zero-order valence-corrected chi connectivity index (χ0v) is 12.3. The molecule has 0 amide bonds. The summed E-state index contributed by atoms with van der Waals surface area (Å²) in [5.74, 6) is 1.48. The lowest BCUT2D eigenvalue weighted by molar-refractivity contribution is 0.160. The van der Waals surface area contributed by atoms with E-state index in [1.165, 1.54) is 19.3 Å². The lowest BCUT2D eigenvalue weighted by atomic mass is 9.79. The second-order valence-corrected chi connectivity index (χ2v) is 5.99. The van der Waals surface area contributed by atoms with E-state index in [1.54, 1.807) is 0 Å². The van der Waals surface area contributed by atoms with E-state index >= 15 is 0 Å². The summed E-state index contributed by atoms with van der Waals surface area (Å²) in [5, 5.41) is 0. The van der Waals surface area contributed by atoms with E-state index in [0.717, 1.165) is 31.2 Å². The summed E-state index contributed by atoms with van der Waals surface area (Å²) < 4.78 is 0. The number of rotatable bonds is 5. The van der Waals surface area contributed by atoms with Crippen LogP contribution in [0.2, 0.25) is 0 Å². The van der Waals surface area contributed by atoms with Crippen molar-refractivity contribution in [2.75, 3.05) is 13.1 Å². The molecule has 1 fully saturated rings. The van der Waals surface area contributed by atoms with Crippen molar-refractivity contribution in [3.05, 3.63) is 30.1 Å². The Morgan fingerprint density at radius 1 is 1.37 bits per heavy atom.